The summed E-state index contributed by atoms with van der Waals surface area (Å²) in [5.41, 5.74) is 2.24. The third-order valence-electron chi connectivity index (χ3n) is 5.95. The second-order valence-corrected chi connectivity index (χ2v) is 9.34. The molecule has 0 unspecified atom stereocenters. The van der Waals surface area contributed by atoms with Crippen LogP contribution < -0.4 is 14.2 Å². The van der Waals surface area contributed by atoms with E-state index in [0.29, 0.717) is 46.2 Å². The van der Waals surface area contributed by atoms with E-state index < -0.39 is 17.6 Å². The minimum Gasteiger partial charge on any atom is -0.493 e. The molecular weight excluding hydrogens is 464 g/mol. The molecule has 0 saturated heterocycles. The van der Waals surface area contributed by atoms with E-state index in [1.165, 1.54) is 21.3 Å². The largest absolute Gasteiger partial charge is 0.493 e. The summed E-state index contributed by atoms with van der Waals surface area (Å²) >= 11 is 0. The van der Waals surface area contributed by atoms with E-state index in [-0.39, 0.29) is 13.3 Å². The van der Waals surface area contributed by atoms with Crippen LogP contribution in [0.25, 0.3) is 22.0 Å². The molecule has 0 aliphatic carbocycles. The minimum absolute atomic E-state index is 0.0442. The van der Waals surface area contributed by atoms with Crippen LogP contribution in [0.2, 0.25) is 0 Å². The molecular formula is C27H32N2O7. The Morgan fingerprint density at radius 1 is 1.00 bits per heavy atom. The number of benzene rings is 2. The van der Waals surface area contributed by atoms with Crippen LogP contribution in [0.4, 0.5) is 4.79 Å². The highest BCUT2D eigenvalue weighted by atomic mass is 16.6. The highest BCUT2D eigenvalue weighted by Crippen LogP contribution is 2.51. The van der Waals surface area contributed by atoms with Gasteiger partial charge in [-0.25, -0.2) is 9.69 Å². The standard InChI is InChI=1S/C27H32N2O7/c1-8-35-15-29-18-12-10-9-11-17(18)21-20-16(13-19(32-5)23(33-6)24(20)34-7)14-28(25(30)22(21)29)26(31)36-27(2,3)4/h9-13H,8,14-15H2,1-7H3. The Labute approximate surface area is 210 Å². The molecule has 0 saturated carbocycles. The number of amides is 2. The summed E-state index contributed by atoms with van der Waals surface area (Å²) < 4.78 is 30.2. The summed E-state index contributed by atoms with van der Waals surface area (Å²) in [4.78, 5) is 28.6. The molecule has 0 atom stereocenters. The first-order valence-electron chi connectivity index (χ1n) is 11.7. The molecule has 36 heavy (non-hydrogen) atoms. The van der Waals surface area contributed by atoms with Crippen LogP contribution in [0.5, 0.6) is 17.2 Å². The zero-order valence-electron chi connectivity index (χ0n) is 21.8. The van der Waals surface area contributed by atoms with E-state index >= 15 is 0 Å². The number of aromatic nitrogens is 1. The molecule has 0 N–H and O–H groups in total. The molecule has 0 bridgehead atoms. The molecule has 2 amide bonds. The number of ether oxygens (including phenoxy) is 5. The molecule has 0 radical (unpaired) electrons. The zero-order chi connectivity index (χ0) is 26.2. The summed E-state index contributed by atoms with van der Waals surface area (Å²) in [5, 5.41) is 0.818. The van der Waals surface area contributed by atoms with Crippen molar-refractivity contribution in [3.05, 3.63) is 41.6 Å². The topological polar surface area (TPSA) is 88.5 Å². The van der Waals surface area contributed by atoms with Crippen LogP contribution in [0.1, 0.15) is 43.7 Å². The Hall–Kier alpha value is -3.72. The van der Waals surface area contributed by atoms with Gasteiger partial charge in [0.05, 0.1) is 33.4 Å². The number of methoxy groups -OCH3 is 3. The third-order valence-corrected chi connectivity index (χ3v) is 5.95. The third kappa shape index (κ3) is 4.24. The number of carbonyl (C=O) groups is 2. The summed E-state index contributed by atoms with van der Waals surface area (Å²) in [7, 11) is 4.59. The molecule has 9 nitrogen and oxygen atoms in total. The molecule has 2 aromatic carbocycles. The predicted molar refractivity (Wildman–Crippen MR) is 135 cm³/mol. The molecule has 1 aliphatic rings. The lowest BCUT2D eigenvalue weighted by atomic mass is 9.95. The number of hydrogen-bond acceptors (Lipinski definition) is 7. The van der Waals surface area contributed by atoms with Crippen LogP contribution in [-0.2, 0) is 22.7 Å². The van der Waals surface area contributed by atoms with Crippen molar-refractivity contribution < 1.29 is 33.3 Å². The Morgan fingerprint density at radius 3 is 2.31 bits per heavy atom. The van der Waals surface area contributed by atoms with Crippen molar-refractivity contribution in [2.75, 3.05) is 27.9 Å². The lowest BCUT2D eigenvalue weighted by molar-refractivity contribution is 0.0219. The van der Waals surface area contributed by atoms with E-state index in [0.717, 1.165) is 15.8 Å². The van der Waals surface area contributed by atoms with Gasteiger partial charge in [-0.1, -0.05) is 18.2 Å². The van der Waals surface area contributed by atoms with Crippen molar-refractivity contribution in [2.45, 2.75) is 46.6 Å². The molecule has 192 valence electrons. The van der Waals surface area contributed by atoms with Crippen molar-refractivity contribution >= 4 is 22.9 Å². The van der Waals surface area contributed by atoms with Gasteiger partial charge in [0, 0.05) is 23.1 Å². The van der Waals surface area contributed by atoms with Crippen LogP contribution in [0.3, 0.4) is 0 Å². The molecule has 3 aromatic rings. The van der Waals surface area contributed by atoms with Gasteiger partial charge in [0.2, 0.25) is 5.75 Å². The summed E-state index contributed by atoms with van der Waals surface area (Å²) in [6.07, 6.45) is -0.742. The maximum Gasteiger partial charge on any atom is 0.417 e. The first-order valence-corrected chi connectivity index (χ1v) is 11.7. The normalized spacial score (nSPS) is 13.2. The quantitative estimate of drug-likeness (QED) is 0.462. The van der Waals surface area contributed by atoms with Gasteiger partial charge in [-0.05, 0) is 45.4 Å². The van der Waals surface area contributed by atoms with Crippen molar-refractivity contribution in [3.8, 4) is 28.4 Å². The molecule has 1 aromatic heterocycles. The van der Waals surface area contributed by atoms with Gasteiger partial charge < -0.3 is 28.3 Å². The number of fused-ring (bicyclic) bond motifs is 5. The van der Waals surface area contributed by atoms with Crippen LogP contribution >= 0.6 is 0 Å². The van der Waals surface area contributed by atoms with Gasteiger partial charge in [0.1, 0.15) is 18.0 Å². The molecule has 1 aliphatic heterocycles. The summed E-state index contributed by atoms with van der Waals surface area (Å²) in [5.74, 6) is 0.730. The number of imide groups is 1. The van der Waals surface area contributed by atoms with Gasteiger partial charge in [0.15, 0.2) is 11.5 Å². The second-order valence-electron chi connectivity index (χ2n) is 9.34. The zero-order valence-corrected chi connectivity index (χ0v) is 21.8. The maximum absolute atomic E-state index is 14.1. The lowest BCUT2D eigenvalue weighted by Crippen LogP contribution is -2.40. The smallest absolute Gasteiger partial charge is 0.417 e. The van der Waals surface area contributed by atoms with E-state index in [9.17, 15) is 9.59 Å². The number of carbonyl (C=O) groups excluding carboxylic acids is 2. The number of hydrogen-bond donors (Lipinski definition) is 0. The number of nitrogens with zero attached hydrogens (tertiary/aromatic N) is 2. The van der Waals surface area contributed by atoms with Gasteiger partial charge in [0.25, 0.3) is 5.91 Å². The molecule has 0 spiro atoms. The SMILES string of the molecule is CCOCn1c2c(c3ccccc31)-c1c(cc(OC)c(OC)c1OC)CN(C(=O)OC(C)(C)C)C2=O. The van der Waals surface area contributed by atoms with Crippen molar-refractivity contribution in [1.29, 1.82) is 0 Å². The van der Waals surface area contributed by atoms with Gasteiger partial charge in [-0.15, -0.1) is 0 Å². The monoisotopic (exact) mass is 496 g/mol. The molecule has 0 fully saturated rings. The first-order chi connectivity index (χ1) is 17.2. The Kier molecular flexibility index (Phi) is 6.86. The Balaban J connectivity index is 2.12. The highest BCUT2D eigenvalue weighted by molar-refractivity contribution is 6.15. The maximum atomic E-state index is 14.1. The lowest BCUT2D eigenvalue weighted by Gasteiger charge is -2.26. The Morgan fingerprint density at radius 2 is 1.69 bits per heavy atom. The average molecular weight is 497 g/mol. The van der Waals surface area contributed by atoms with Gasteiger partial charge in [-0.3, -0.25) is 4.79 Å². The fourth-order valence-corrected chi connectivity index (χ4v) is 4.54. The number of rotatable bonds is 6. The van der Waals surface area contributed by atoms with Crippen LogP contribution in [0.15, 0.2) is 30.3 Å². The fourth-order valence-electron chi connectivity index (χ4n) is 4.54. The molecule has 2 heterocycles. The van der Waals surface area contributed by atoms with Crippen molar-refractivity contribution in [3.63, 3.8) is 0 Å². The van der Waals surface area contributed by atoms with Gasteiger partial charge >= 0.3 is 6.09 Å². The van der Waals surface area contributed by atoms with Gasteiger partial charge in [-0.2, -0.15) is 0 Å². The first kappa shape index (κ1) is 25.4. The number of para-hydroxylation sites is 1. The van der Waals surface area contributed by atoms with Crippen LogP contribution in [0, 0.1) is 0 Å². The minimum atomic E-state index is -0.789. The van der Waals surface area contributed by atoms with E-state index in [2.05, 4.69) is 0 Å². The van der Waals surface area contributed by atoms with E-state index in [1.54, 1.807) is 31.4 Å². The van der Waals surface area contributed by atoms with Crippen molar-refractivity contribution in [1.82, 2.24) is 9.47 Å². The second kappa shape index (κ2) is 9.73. The molecule has 9 heteroatoms. The van der Waals surface area contributed by atoms with E-state index in [1.807, 2.05) is 31.2 Å². The van der Waals surface area contributed by atoms with Crippen molar-refractivity contribution in [2.24, 2.45) is 0 Å². The summed E-state index contributed by atoms with van der Waals surface area (Å²) in [6.45, 7) is 7.70. The Bertz CT molecular complexity index is 1320. The van der Waals surface area contributed by atoms with Crippen LogP contribution in [-0.4, -0.2) is 55.0 Å². The fraction of sp³-hybridized carbons (Fsp3) is 0.407. The summed E-state index contributed by atoms with van der Waals surface area (Å²) in [6, 6.07) is 9.42. The highest BCUT2D eigenvalue weighted by Gasteiger charge is 2.39. The van der Waals surface area contributed by atoms with E-state index in [4.69, 9.17) is 23.7 Å². The predicted octanol–water partition coefficient (Wildman–Crippen LogP) is 5.22. The average Bonchev–Trinajstić information content (AvgIpc) is 3.10. The molecule has 4 rings (SSSR count).